The van der Waals surface area contributed by atoms with Crippen molar-refractivity contribution < 1.29 is 0 Å². The highest BCUT2D eigenvalue weighted by molar-refractivity contribution is 5.23. The van der Waals surface area contributed by atoms with E-state index in [2.05, 4.69) is 18.4 Å². The molecule has 0 nitrogen and oxygen atoms in total. The molecule has 0 fully saturated rings. The van der Waals surface area contributed by atoms with Crippen LogP contribution in [0.3, 0.4) is 0 Å². The Kier molecular flexibility index (Phi) is 1.14. The minimum Gasteiger partial charge on any atom is -0.133 e. The normalized spacial score (nSPS) is 14.6. The Labute approximate surface area is 43.9 Å². The maximum atomic E-state index is 3.45. The van der Waals surface area contributed by atoms with Crippen LogP contribution in [-0.2, 0) is 0 Å². The zero-order chi connectivity index (χ0) is 5.11. The van der Waals surface area contributed by atoms with E-state index < -0.39 is 0 Å². The molecule has 1 rings (SSSR count). The van der Waals surface area contributed by atoms with Crippen molar-refractivity contribution in [2.24, 2.45) is 0 Å². The van der Waals surface area contributed by atoms with Crippen molar-refractivity contribution >= 4 is 0 Å². The monoisotopic (exact) mass is 92.1 g/mol. The lowest BCUT2D eigenvalue weighted by Crippen LogP contribution is -1.53. The molecule has 0 amide bonds. The minimum atomic E-state index is 1.07. The van der Waals surface area contributed by atoms with Crippen molar-refractivity contribution in [1.82, 2.24) is 0 Å². The van der Waals surface area contributed by atoms with E-state index in [0.29, 0.717) is 0 Å². The third-order valence-electron chi connectivity index (χ3n) is 1.00. The Morgan fingerprint density at radius 2 is 2.71 bits per heavy atom. The fourth-order valence-electron chi connectivity index (χ4n) is 0.442. The van der Waals surface area contributed by atoms with Gasteiger partial charge in [-0.05, 0) is 18.9 Å². The first kappa shape index (κ1) is 4.42. The van der Waals surface area contributed by atoms with E-state index in [1.807, 2.05) is 6.08 Å². The van der Waals surface area contributed by atoms with Crippen LogP contribution < -0.4 is 0 Å². The molecule has 0 bridgehead atoms. The van der Waals surface area contributed by atoms with Crippen molar-refractivity contribution in [3.05, 3.63) is 30.0 Å². The lowest BCUT2D eigenvalue weighted by atomic mass is 10.3. The van der Waals surface area contributed by atoms with Gasteiger partial charge in [0.15, 0.2) is 0 Å². The van der Waals surface area contributed by atoms with Gasteiger partial charge in [-0.25, -0.2) is 0 Å². The van der Waals surface area contributed by atoms with Crippen LogP contribution in [0.5, 0.6) is 0 Å². The van der Waals surface area contributed by atoms with Crippen molar-refractivity contribution in [2.75, 3.05) is 0 Å². The molecular formula is C7H8. The molecular weight excluding hydrogens is 84.1 g/mol. The molecule has 0 aromatic rings. The summed E-state index contributed by atoms with van der Waals surface area (Å²) in [6.07, 6.45) is 6.47. The van der Waals surface area contributed by atoms with Gasteiger partial charge in [-0.3, -0.25) is 0 Å². The first-order valence-corrected chi connectivity index (χ1v) is 2.45. The number of hydrogen-bond donors (Lipinski definition) is 0. The number of hydrogen-bond acceptors (Lipinski definition) is 0. The molecule has 0 spiro atoms. The topological polar surface area (TPSA) is 0 Å². The average Bonchev–Trinajstić information content (AvgIpc) is 2.42. The van der Waals surface area contributed by atoms with Crippen LogP contribution in [-0.4, -0.2) is 0 Å². The third-order valence-corrected chi connectivity index (χ3v) is 1.00. The van der Waals surface area contributed by atoms with Gasteiger partial charge in [0, 0.05) is 0 Å². The third kappa shape index (κ3) is 1.43. The highest BCUT2D eigenvalue weighted by Crippen LogP contribution is 2.21. The van der Waals surface area contributed by atoms with Crippen molar-refractivity contribution in [3.8, 4) is 0 Å². The lowest BCUT2D eigenvalue weighted by molar-refractivity contribution is 1.28. The molecule has 7 heavy (non-hydrogen) atoms. The Hall–Kier alpha value is -0.740. The Balaban J connectivity index is 2.22. The van der Waals surface area contributed by atoms with Crippen molar-refractivity contribution in [1.29, 1.82) is 0 Å². The van der Waals surface area contributed by atoms with Gasteiger partial charge in [-0.2, -0.15) is 0 Å². The smallest absolute Gasteiger partial charge is 0.00596 e. The summed E-state index contributed by atoms with van der Waals surface area (Å²) in [6.45, 7) is 3.45. The van der Waals surface area contributed by atoms with E-state index in [1.54, 1.807) is 0 Å². The van der Waals surface area contributed by atoms with Gasteiger partial charge < -0.3 is 0 Å². The SMILES string of the molecule is C=C=CCC1=CC1. The zero-order valence-corrected chi connectivity index (χ0v) is 4.28. The summed E-state index contributed by atoms with van der Waals surface area (Å²) < 4.78 is 0. The fraction of sp³-hybridized carbons (Fsp3) is 0.286. The van der Waals surface area contributed by atoms with Crippen molar-refractivity contribution in [2.45, 2.75) is 12.8 Å². The molecule has 1 aliphatic rings. The largest absolute Gasteiger partial charge is 0.133 e. The van der Waals surface area contributed by atoms with Crippen LogP contribution in [0.2, 0.25) is 0 Å². The van der Waals surface area contributed by atoms with Crippen LogP contribution in [0.15, 0.2) is 30.0 Å². The second-order valence-corrected chi connectivity index (χ2v) is 1.68. The number of rotatable bonds is 2. The van der Waals surface area contributed by atoms with Crippen LogP contribution in [0.25, 0.3) is 0 Å². The van der Waals surface area contributed by atoms with Crippen LogP contribution >= 0.6 is 0 Å². The standard InChI is InChI=1S/C7H8/c1-2-3-4-7-5-6-7/h3,5H,1,4,6H2. The molecule has 0 radical (unpaired) electrons. The summed E-state index contributed by atoms with van der Waals surface area (Å²) >= 11 is 0. The highest BCUT2D eigenvalue weighted by Gasteiger charge is 2.02. The predicted molar refractivity (Wildman–Crippen MR) is 31.0 cm³/mol. The van der Waals surface area contributed by atoms with Gasteiger partial charge in [0.1, 0.15) is 0 Å². The molecule has 1 aliphatic carbocycles. The summed E-state index contributed by atoms with van der Waals surface area (Å²) in [5, 5.41) is 0. The highest BCUT2D eigenvalue weighted by atomic mass is 14.1. The summed E-state index contributed by atoms with van der Waals surface area (Å²) in [7, 11) is 0. The van der Waals surface area contributed by atoms with Crippen LogP contribution in [0.4, 0.5) is 0 Å². The Bertz CT molecular complexity index is 134. The molecule has 0 N–H and O–H groups in total. The van der Waals surface area contributed by atoms with E-state index in [0.717, 1.165) is 6.42 Å². The Morgan fingerprint density at radius 1 is 2.00 bits per heavy atom. The zero-order valence-electron chi connectivity index (χ0n) is 4.28. The molecule has 0 atom stereocenters. The molecule has 0 aliphatic heterocycles. The first-order valence-electron chi connectivity index (χ1n) is 2.45. The van der Waals surface area contributed by atoms with Gasteiger partial charge in [0.2, 0.25) is 0 Å². The van der Waals surface area contributed by atoms with Gasteiger partial charge in [-0.1, -0.05) is 18.2 Å². The van der Waals surface area contributed by atoms with Crippen LogP contribution in [0, 0.1) is 0 Å². The lowest BCUT2D eigenvalue weighted by Gasteiger charge is -1.72. The fourth-order valence-corrected chi connectivity index (χ4v) is 0.442. The maximum absolute atomic E-state index is 3.45. The molecule has 0 heterocycles. The van der Waals surface area contributed by atoms with Gasteiger partial charge in [-0.15, -0.1) is 5.73 Å². The van der Waals surface area contributed by atoms with Gasteiger partial charge in [0.25, 0.3) is 0 Å². The second-order valence-electron chi connectivity index (χ2n) is 1.68. The second kappa shape index (κ2) is 1.81. The van der Waals surface area contributed by atoms with E-state index in [1.165, 1.54) is 12.0 Å². The molecule has 0 saturated heterocycles. The van der Waals surface area contributed by atoms with E-state index >= 15 is 0 Å². The summed E-state index contributed by atoms with van der Waals surface area (Å²) in [5.74, 6) is 0. The maximum Gasteiger partial charge on any atom is -0.00596 e. The Morgan fingerprint density at radius 3 is 3.14 bits per heavy atom. The minimum absolute atomic E-state index is 1.07. The summed E-state index contributed by atoms with van der Waals surface area (Å²) in [6, 6.07) is 0. The quantitative estimate of drug-likeness (QED) is 0.361. The first-order chi connectivity index (χ1) is 3.43. The van der Waals surface area contributed by atoms with E-state index in [4.69, 9.17) is 0 Å². The molecule has 0 aromatic carbocycles. The van der Waals surface area contributed by atoms with Crippen molar-refractivity contribution in [3.63, 3.8) is 0 Å². The molecule has 0 unspecified atom stereocenters. The molecule has 0 saturated carbocycles. The average molecular weight is 92.1 g/mol. The summed E-state index contributed by atoms with van der Waals surface area (Å²) in [5.41, 5.74) is 4.25. The predicted octanol–water partition coefficient (Wildman–Crippen LogP) is 2.05. The number of allylic oxidation sites excluding steroid dienone is 3. The van der Waals surface area contributed by atoms with Gasteiger partial charge >= 0.3 is 0 Å². The molecule has 0 heteroatoms. The molecule has 36 valence electrons. The molecule has 0 aromatic heterocycles. The van der Waals surface area contributed by atoms with E-state index in [9.17, 15) is 0 Å². The summed E-state index contributed by atoms with van der Waals surface area (Å²) in [4.78, 5) is 0. The van der Waals surface area contributed by atoms with Gasteiger partial charge in [0.05, 0.1) is 0 Å². The van der Waals surface area contributed by atoms with E-state index in [-0.39, 0.29) is 0 Å². The van der Waals surface area contributed by atoms with Crippen LogP contribution in [0.1, 0.15) is 12.8 Å².